The number of hydrogen-bond acceptors (Lipinski definition) is 5. The van der Waals surface area contributed by atoms with E-state index in [1.54, 1.807) is 24.3 Å². The Bertz CT molecular complexity index is 1310. The van der Waals surface area contributed by atoms with Gasteiger partial charge in [0.2, 0.25) is 0 Å². The summed E-state index contributed by atoms with van der Waals surface area (Å²) in [5, 5.41) is 0. The number of hydrogen-bond donors (Lipinski definition) is 0. The van der Waals surface area contributed by atoms with Crippen LogP contribution in [-0.4, -0.2) is 28.3 Å². The van der Waals surface area contributed by atoms with Crippen molar-refractivity contribution >= 4 is 54.5 Å². The average Bonchev–Trinajstić information content (AvgIpc) is 3.19. The molecule has 0 aliphatic heterocycles. The predicted molar refractivity (Wildman–Crippen MR) is 115 cm³/mol. The van der Waals surface area contributed by atoms with E-state index in [2.05, 4.69) is 20.9 Å². The van der Waals surface area contributed by atoms with Crippen LogP contribution in [0.4, 0.5) is 0 Å². The maximum absolute atomic E-state index is 12.7. The summed E-state index contributed by atoms with van der Waals surface area (Å²) in [6.07, 6.45) is 0. The Hall–Kier alpha value is -2.49. The third-order valence-corrected chi connectivity index (χ3v) is 5.93. The van der Waals surface area contributed by atoms with E-state index in [9.17, 15) is 9.59 Å². The minimum Gasteiger partial charge on any atom is -0.408 e. The molecule has 0 fully saturated rings. The van der Waals surface area contributed by atoms with Crippen LogP contribution < -0.4 is 10.6 Å². The lowest BCUT2D eigenvalue weighted by Gasteiger charge is -2.05. The van der Waals surface area contributed by atoms with Crippen molar-refractivity contribution in [2.24, 2.45) is 4.99 Å². The summed E-state index contributed by atoms with van der Waals surface area (Å²) in [6, 6.07) is 12.9. The van der Waals surface area contributed by atoms with Gasteiger partial charge in [-0.3, -0.25) is 9.36 Å². The highest BCUT2D eigenvalue weighted by molar-refractivity contribution is 9.10. The molecule has 0 aliphatic carbocycles. The Kier molecular flexibility index (Phi) is 5.79. The van der Waals surface area contributed by atoms with Crippen LogP contribution in [0.25, 0.3) is 21.3 Å². The van der Waals surface area contributed by atoms with E-state index in [-0.39, 0.29) is 6.54 Å². The smallest absolute Gasteiger partial charge is 0.408 e. The fraction of sp³-hybridized carbons (Fsp3) is 0.250. The van der Waals surface area contributed by atoms with Gasteiger partial charge in [0.15, 0.2) is 10.4 Å². The molecule has 2 heterocycles. The molecule has 0 aliphatic rings. The zero-order valence-electron chi connectivity index (χ0n) is 15.6. The predicted octanol–water partition coefficient (Wildman–Crippen LogP) is 3.54. The molecule has 2 aromatic carbocycles. The first-order chi connectivity index (χ1) is 14.1. The van der Waals surface area contributed by atoms with Gasteiger partial charge in [-0.1, -0.05) is 39.4 Å². The van der Waals surface area contributed by atoms with Crippen molar-refractivity contribution < 1.29 is 13.9 Å². The molecule has 9 heteroatoms. The number of benzene rings is 2. The number of fused-ring (bicyclic) bond motifs is 2. The average molecular weight is 476 g/mol. The van der Waals surface area contributed by atoms with E-state index in [0.717, 1.165) is 14.7 Å². The first-order valence-electron chi connectivity index (χ1n) is 9.09. The molecule has 0 saturated carbocycles. The maximum Gasteiger partial charge on any atom is 0.420 e. The standard InChI is InChI=1S/C20H18BrN3O4S/c1-2-27-10-9-23-15-8-7-13(21)11-17(15)29-19(23)22-18(25)12-24-14-5-3-4-6-16(14)28-20(24)26/h3-8,11H,2,9-10,12H2,1H3. The molecule has 7 nitrogen and oxygen atoms in total. The Balaban J connectivity index is 1.72. The molecule has 29 heavy (non-hydrogen) atoms. The number of carbonyl (C=O) groups is 1. The highest BCUT2D eigenvalue weighted by Gasteiger charge is 2.13. The number of amides is 1. The lowest BCUT2D eigenvalue weighted by atomic mass is 10.3. The first kappa shape index (κ1) is 19.8. The van der Waals surface area contributed by atoms with Gasteiger partial charge in [-0.25, -0.2) is 4.79 Å². The molecular weight excluding hydrogens is 458 g/mol. The van der Waals surface area contributed by atoms with Crippen molar-refractivity contribution in [2.45, 2.75) is 20.0 Å². The number of oxazole rings is 1. The van der Waals surface area contributed by atoms with Crippen LogP contribution in [-0.2, 0) is 22.6 Å². The van der Waals surface area contributed by atoms with Gasteiger partial charge in [0.1, 0.15) is 6.54 Å². The number of thiazole rings is 1. The van der Waals surface area contributed by atoms with Gasteiger partial charge in [-0.15, -0.1) is 0 Å². The Morgan fingerprint density at radius 1 is 1.21 bits per heavy atom. The second-order valence-electron chi connectivity index (χ2n) is 6.27. The van der Waals surface area contributed by atoms with Crippen LogP contribution in [0, 0.1) is 0 Å². The molecule has 0 spiro atoms. The summed E-state index contributed by atoms with van der Waals surface area (Å²) in [5.41, 5.74) is 2.00. The normalized spacial score (nSPS) is 12.3. The van der Waals surface area contributed by atoms with Crippen LogP contribution in [0.1, 0.15) is 6.92 Å². The zero-order valence-corrected chi connectivity index (χ0v) is 18.0. The van der Waals surface area contributed by atoms with Crippen molar-refractivity contribution in [3.05, 3.63) is 62.3 Å². The van der Waals surface area contributed by atoms with E-state index in [1.165, 1.54) is 15.9 Å². The number of nitrogens with zero attached hydrogens (tertiary/aromatic N) is 3. The van der Waals surface area contributed by atoms with Crippen molar-refractivity contribution in [1.82, 2.24) is 9.13 Å². The highest BCUT2D eigenvalue weighted by atomic mass is 79.9. The van der Waals surface area contributed by atoms with Crippen LogP contribution in [0.2, 0.25) is 0 Å². The minimum atomic E-state index is -0.570. The first-order valence-corrected chi connectivity index (χ1v) is 10.7. The summed E-state index contributed by atoms with van der Waals surface area (Å²) in [6.45, 7) is 3.48. The van der Waals surface area contributed by atoms with Gasteiger partial charge < -0.3 is 13.7 Å². The number of ether oxygens (including phenoxy) is 1. The molecule has 0 saturated heterocycles. The van der Waals surface area contributed by atoms with Crippen molar-refractivity contribution in [2.75, 3.05) is 13.2 Å². The fourth-order valence-electron chi connectivity index (χ4n) is 3.09. The van der Waals surface area contributed by atoms with Gasteiger partial charge in [-0.05, 0) is 37.3 Å². The number of halogens is 1. The number of aromatic nitrogens is 2. The number of carbonyl (C=O) groups excluding carboxylic acids is 1. The van der Waals surface area contributed by atoms with E-state index >= 15 is 0 Å². The van der Waals surface area contributed by atoms with E-state index < -0.39 is 11.7 Å². The Labute approximate surface area is 178 Å². The van der Waals surface area contributed by atoms with E-state index in [4.69, 9.17) is 9.15 Å². The van der Waals surface area contributed by atoms with Gasteiger partial charge in [0, 0.05) is 17.6 Å². The summed E-state index contributed by atoms with van der Waals surface area (Å²) < 4.78 is 15.9. The molecule has 2 aromatic heterocycles. The lowest BCUT2D eigenvalue weighted by molar-refractivity contribution is -0.118. The van der Waals surface area contributed by atoms with E-state index in [0.29, 0.717) is 35.7 Å². The Morgan fingerprint density at radius 2 is 2.03 bits per heavy atom. The second kappa shape index (κ2) is 8.48. The lowest BCUT2D eigenvalue weighted by Crippen LogP contribution is -2.23. The van der Waals surface area contributed by atoms with Crippen LogP contribution in [0.5, 0.6) is 0 Å². The minimum absolute atomic E-state index is 0.181. The molecule has 4 aromatic rings. The third-order valence-electron chi connectivity index (χ3n) is 4.40. The largest absolute Gasteiger partial charge is 0.420 e. The molecule has 4 rings (SSSR count). The van der Waals surface area contributed by atoms with Crippen LogP contribution in [0.15, 0.2) is 61.1 Å². The molecule has 0 radical (unpaired) electrons. The van der Waals surface area contributed by atoms with Gasteiger partial charge in [0.05, 0.1) is 22.3 Å². The quantitative estimate of drug-likeness (QED) is 0.399. The van der Waals surface area contributed by atoms with Gasteiger partial charge in [0.25, 0.3) is 5.91 Å². The molecule has 0 unspecified atom stereocenters. The summed E-state index contributed by atoms with van der Waals surface area (Å²) in [4.78, 5) is 29.7. The van der Waals surface area contributed by atoms with Crippen LogP contribution >= 0.6 is 27.3 Å². The number of rotatable bonds is 6. The third kappa shape index (κ3) is 4.12. The summed E-state index contributed by atoms with van der Waals surface area (Å²) >= 11 is 4.90. The molecule has 0 N–H and O–H groups in total. The van der Waals surface area contributed by atoms with Gasteiger partial charge >= 0.3 is 5.76 Å². The monoisotopic (exact) mass is 475 g/mol. The van der Waals surface area contributed by atoms with Crippen molar-refractivity contribution in [1.29, 1.82) is 0 Å². The molecule has 150 valence electrons. The second-order valence-corrected chi connectivity index (χ2v) is 8.20. The fourth-order valence-corrected chi connectivity index (χ4v) is 4.71. The molecular formula is C20H18BrN3O4S. The molecule has 0 bridgehead atoms. The topological polar surface area (TPSA) is 78.7 Å². The Morgan fingerprint density at radius 3 is 2.86 bits per heavy atom. The van der Waals surface area contributed by atoms with Crippen molar-refractivity contribution in [3.63, 3.8) is 0 Å². The molecule has 0 atom stereocenters. The maximum atomic E-state index is 12.7. The van der Waals surface area contributed by atoms with E-state index in [1.807, 2.05) is 29.7 Å². The highest BCUT2D eigenvalue weighted by Crippen LogP contribution is 2.22. The summed E-state index contributed by atoms with van der Waals surface area (Å²) in [7, 11) is 0. The number of para-hydroxylation sites is 2. The summed E-state index contributed by atoms with van der Waals surface area (Å²) in [5.74, 6) is -0.992. The molecule has 1 amide bonds. The van der Waals surface area contributed by atoms with Gasteiger partial charge in [-0.2, -0.15) is 4.99 Å². The van der Waals surface area contributed by atoms with Crippen molar-refractivity contribution in [3.8, 4) is 0 Å². The zero-order chi connectivity index (χ0) is 20.4. The van der Waals surface area contributed by atoms with Crippen LogP contribution in [0.3, 0.4) is 0 Å². The SMILES string of the molecule is CCOCCn1c(=NC(=O)Cn2c(=O)oc3ccccc32)sc2cc(Br)ccc21.